The topological polar surface area (TPSA) is 79.6 Å². The second-order valence-corrected chi connectivity index (χ2v) is 8.68. The van der Waals surface area contributed by atoms with Crippen molar-refractivity contribution in [1.29, 1.82) is 0 Å². The Kier molecular flexibility index (Phi) is 3.16. The molecule has 2 saturated carbocycles. The molecular formula is C20H19N5OS. The molecule has 136 valence electrons. The highest BCUT2D eigenvalue weighted by Gasteiger charge is 2.63. The summed E-state index contributed by atoms with van der Waals surface area (Å²) in [6.07, 6.45) is 4.49. The molecule has 2 N–H and O–H groups in total. The molecular weight excluding hydrogens is 358 g/mol. The Morgan fingerprint density at radius 1 is 1.26 bits per heavy atom. The molecule has 1 spiro atoms. The molecule has 2 aliphatic carbocycles. The molecule has 0 amide bonds. The highest BCUT2D eigenvalue weighted by molar-refractivity contribution is 7.07. The minimum absolute atomic E-state index is 0.134. The lowest BCUT2D eigenvalue weighted by Crippen LogP contribution is -2.31. The summed E-state index contributed by atoms with van der Waals surface area (Å²) in [5.74, 6) is 2.24. The van der Waals surface area contributed by atoms with Crippen LogP contribution >= 0.6 is 11.3 Å². The zero-order valence-electron chi connectivity index (χ0n) is 14.7. The number of H-pyrrole nitrogens is 1. The van der Waals surface area contributed by atoms with Gasteiger partial charge in [-0.1, -0.05) is 0 Å². The first-order valence-electron chi connectivity index (χ1n) is 9.28. The van der Waals surface area contributed by atoms with E-state index in [1.807, 2.05) is 12.1 Å². The van der Waals surface area contributed by atoms with Crippen LogP contribution in [0.2, 0.25) is 0 Å². The van der Waals surface area contributed by atoms with Crippen LogP contribution in [0.4, 0.5) is 0 Å². The smallest absolute Gasteiger partial charge is 0.181 e. The molecule has 1 unspecified atom stereocenters. The van der Waals surface area contributed by atoms with E-state index in [0.717, 1.165) is 54.1 Å². The van der Waals surface area contributed by atoms with E-state index in [-0.39, 0.29) is 11.5 Å². The van der Waals surface area contributed by atoms with Gasteiger partial charge in [0.15, 0.2) is 5.82 Å². The van der Waals surface area contributed by atoms with E-state index in [0.29, 0.717) is 5.92 Å². The van der Waals surface area contributed by atoms with Crippen LogP contribution in [0.15, 0.2) is 41.4 Å². The summed E-state index contributed by atoms with van der Waals surface area (Å²) in [5, 5.41) is 18.9. The van der Waals surface area contributed by atoms with Gasteiger partial charge in [0.1, 0.15) is 5.82 Å². The van der Waals surface area contributed by atoms with Crippen molar-refractivity contribution < 1.29 is 5.11 Å². The number of imidazole rings is 1. The Hall–Kier alpha value is -2.51. The number of hydrogen-bond donors (Lipinski definition) is 2. The second kappa shape index (κ2) is 5.50. The molecule has 1 aromatic carbocycles. The Balaban J connectivity index is 1.40. The van der Waals surface area contributed by atoms with Crippen LogP contribution < -0.4 is 0 Å². The van der Waals surface area contributed by atoms with Gasteiger partial charge in [-0.3, -0.25) is 0 Å². The van der Waals surface area contributed by atoms with Crippen LogP contribution in [0.5, 0.6) is 0 Å². The fourth-order valence-corrected chi connectivity index (χ4v) is 5.18. The molecule has 7 heteroatoms. The van der Waals surface area contributed by atoms with Gasteiger partial charge in [0.2, 0.25) is 0 Å². The van der Waals surface area contributed by atoms with E-state index in [1.165, 1.54) is 5.56 Å². The van der Waals surface area contributed by atoms with Gasteiger partial charge < -0.3 is 10.1 Å². The predicted octanol–water partition coefficient (Wildman–Crippen LogP) is 3.56. The molecule has 2 aliphatic rings. The van der Waals surface area contributed by atoms with Crippen LogP contribution in [0.25, 0.3) is 22.4 Å². The van der Waals surface area contributed by atoms with Crippen molar-refractivity contribution in [2.75, 3.05) is 0 Å². The predicted molar refractivity (Wildman–Crippen MR) is 104 cm³/mol. The van der Waals surface area contributed by atoms with Crippen molar-refractivity contribution in [3.05, 3.63) is 52.7 Å². The minimum atomic E-state index is -0.134. The molecule has 6 rings (SSSR count). The average Bonchev–Trinajstić information content (AvgIpc) is 3.10. The molecule has 0 bridgehead atoms. The van der Waals surface area contributed by atoms with Crippen molar-refractivity contribution >= 4 is 22.4 Å². The zero-order chi connectivity index (χ0) is 18.0. The number of aromatic nitrogens is 5. The third kappa shape index (κ3) is 2.45. The van der Waals surface area contributed by atoms with Gasteiger partial charge in [0.05, 0.1) is 30.0 Å². The number of thiophene rings is 1. The first kappa shape index (κ1) is 15.5. The Morgan fingerprint density at radius 3 is 3.00 bits per heavy atom. The van der Waals surface area contributed by atoms with E-state index in [1.54, 1.807) is 17.7 Å². The second-order valence-electron chi connectivity index (χ2n) is 7.90. The average molecular weight is 377 g/mol. The fourth-order valence-electron chi connectivity index (χ4n) is 4.52. The molecule has 27 heavy (non-hydrogen) atoms. The number of aliphatic hydroxyl groups is 1. The van der Waals surface area contributed by atoms with Crippen molar-refractivity contribution in [2.24, 2.45) is 5.41 Å². The van der Waals surface area contributed by atoms with Gasteiger partial charge in [0, 0.05) is 11.5 Å². The number of fused-ring (bicyclic) bond motifs is 1. The van der Waals surface area contributed by atoms with E-state index >= 15 is 0 Å². The van der Waals surface area contributed by atoms with Crippen molar-refractivity contribution in [3.63, 3.8) is 0 Å². The number of aromatic amines is 1. The summed E-state index contributed by atoms with van der Waals surface area (Å²) in [4.78, 5) is 12.4. The first-order chi connectivity index (χ1) is 13.2. The summed E-state index contributed by atoms with van der Waals surface area (Å²) >= 11 is 1.70. The molecule has 3 heterocycles. The number of nitrogens with zero attached hydrogens (tertiary/aromatic N) is 4. The summed E-state index contributed by atoms with van der Waals surface area (Å²) in [6, 6.07) is 8.24. The van der Waals surface area contributed by atoms with E-state index in [2.05, 4.69) is 37.5 Å². The van der Waals surface area contributed by atoms with Gasteiger partial charge >= 0.3 is 0 Å². The van der Waals surface area contributed by atoms with E-state index in [4.69, 9.17) is 10.1 Å². The summed E-state index contributed by atoms with van der Waals surface area (Å²) < 4.78 is 2.07. The Morgan fingerprint density at radius 2 is 2.19 bits per heavy atom. The lowest BCUT2D eigenvalue weighted by atomic mass is 9.77. The SMILES string of the molecule is OC1CC2(C1)CC2c1nc(-c2ccc3nc[nH]c3c2)nn1Cc1ccsc1. The third-order valence-electron chi connectivity index (χ3n) is 6.08. The lowest BCUT2D eigenvalue weighted by molar-refractivity contribution is 0.0250. The zero-order valence-corrected chi connectivity index (χ0v) is 15.5. The molecule has 2 fully saturated rings. The molecule has 0 radical (unpaired) electrons. The number of rotatable bonds is 4. The molecule has 0 aliphatic heterocycles. The van der Waals surface area contributed by atoms with Crippen LogP contribution in [0.1, 0.15) is 36.6 Å². The van der Waals surface area contributed by atoms with Crippen molar-refractivity contribution in [3.8, 4) is 11.4 Å². The highest BCUT2D eigenvalue weighted by Crippen LogP contribution is 2.69. The van der Waals surface area contributed by atoms with Crippen LogP contribution in [-0.4, -0.2) is 35.9 Å². The molecule has 4 aromatic rings. The maximum atomic E-state index is 9.78. The molecule has 1 atom stereocenters. The van der Waals surface area contributed by atoms with Crippen LogP contribution in [0.3, 0.4) is 0 Å². The monoisotopic (exact) mass is 377 g/mol. The summed E-state index contributed by atoms with van der Waals surface area (Å²) in [5.41, 5.74) is 4.46. The van der Waals surface area contributed by atoms with Gasteiger partial charge in [-0.25, -0.2) is 14.6 Å². The van der Waals surface area contributed by atoms with Gasteiger partial charge in [-0.15, -0.1) is 0 Å². The van der Waals surface area contributed by atoms with Crippen molar-refractivity contribution in [2.45, 2.75) is 37.8 Å². The molecule has 0 saturated heterocycles. The quantitative estimate of drug-likeness (QED) is 0.570. The third-order valence-corrected chi connectivity index (χ3v) is 6.81. The molecule has 3 aromatic heterocycles. The number of nitrogens with one attached hydrogen (secondary N) is 1. The summed E-state index contributed by atoms with van der Waals surface area (Å²) in [7, 11) is 0. The summed E-state index contributed by atoms with van der Waals surface area (Å²) in [6.45, 7) is 0.743. The van der Waals surface area contributed by atoms with E-state index < -0.39 is 0 Å². The fraction of sp³-hybridized carbons (Fsp3) is 0.350. The number of hydrogen-bond acceptors (Lipinski definition) is 5. The maximum Gasteiger partial charge on any atom is 0.181 e. The van der Waals surface area contributed by atoms with Crippen molar-refractivity contribution in [1.82, 2.24) is 24.7 Å². The first-order valence-corrected chi connectivity index (χ1v) is 10.2. The van der Waals surface area contributed by atoms with Crippen LogP contribution in [-0.2, 0) is 6.54 Å². The normalized spacial score (nSPS) is 26.6. The van der Waals surface area contributed by atoms with Gasteiger partial charge in [-0.05, 0) is 65.3 Å². The highest BCUT2D eigenvalue weighted by atomic mass is 32.1. The Bertz CT molecular complexity index is 1120. The lowest BCUT2D eigenvalue weighted by Gasteiger charge is -2.32. The standard InChI is InChI=1S/C20H19N5OS/c26-14-6-20(7-14)8-15(20)19-23-18(24-25(19)9-12-3-4-27-10-12)13-1-2-16-17(5-13)22-11-21-16/h1-5,10-11,14-15,26H,6-9H2,(H,21,22). The van der Waals surface area contributed by atoms with Gasteiger partial charge in [0.25, 0.3) is 0 Å². The largest absolute Gasteiger partial charge is 0.393 e. The molecule has 6 nitrogen and oxygen atoms in total. The van der Waals surface area contributed by atoms with E-state index in [9.17, 15) is 5.11 Å². The Labute approximate surface area is 159 Å². The number of aliphatic hydroxyl groups excluding tert-OH is 1. The van der Waals surface area contributed by atoms with Crippen LogP contribution in [0, 0.1) is 5.41 Å². The maximum absolute atomic E-state index is 9.78. The van der Waals surface area contributed by atoms with Gasteiger partial charge in [-0.2, -0.15) is 16.4 Å². The number of benzene rings is 1. The minimum Gasteiger partial charge on any atom is -0.393 e.